The molecule has 1 heterocycles. The first kappa shape index (κ1) is 11.7. The van der Waals surface area contributed by atoms with Gasteiger partial charge in [0.1, 0.15) is 6.07 Å². The van der Waals surface area contributed by atoms with Crippen molar-refractivity contribution in [3.8, 4) is 6.07 Å². The van der Waals surface area contributed by atoms with Gasteiger partial charge in [0.05, 0.1) is 5.56 Å². The Morgan fingerprint density at radius 3 is 2.38 bits per heavy atom. The van der Waals surface area contributed by atoms with E-state index in [9.17, 15) is 13.2 Å². The van der Waals surface area contributed by atoms with Crippen LogP contribution in [0.2, 0.25) is 0 Å². The first-order valence-corrected chi connectivity index (χ1v) is 2.98. The third kappa shape index (κ3) is 2.60. The van der Waals surface area contributed by atoms with Crippen molar-refractivity contribution in [1.82, 2.24) is 4.98 Å². The molecule has 0 unspecified atom stereocenters. The standard InChI is InChI=1S/C7H3F3N2.ClH/c8-7(9,10)6-5(4-11)2-1-3-12-6;/h1-3H;1H. The zero-order valence-corrected chi connectivity index (χ0v) is 6.99. The largest absolute Gasteiger partial charge is 0.434 e. The monoisotopic (exact) mass is 208 g/mol. The van der Waals surface area contributed by atoms with E-state index in [1.807, 2.05) is 0 Å². The molecule has 0 aromatic carbocycles. The van der Waals surface area contributed by atoms with Gasteiger partial charge in [0.15, 0.2) is 5.69 Å². The molecule has 0 aliphatic heterocycles. The second-order valence-electron chi connectivity index (χ2n) is 2.01. The highest BCUT2D eigenvalue weighted by Crippen LogP contribution is 2.29. The molecule has 6 heteroatoms. The summed E-state index contributed by atoms with van der Waals surface area (Å²) >= 11 is 0. The predicted octanol–water partition coefficient (Wildman–Crippen LogP) is 2.39. The number of aromatic nitrogens is 1. The lowest BCUT2D eigenvalue weighted by molar-refractivity contribution is -0.141. The molecule has 1 aromatic rings. The number of pyridine rings is 1. The Morgan fingerprint density at radius 2 is 2.00 bits per heavy atom. The normalized spacial score (nSPS) is 10.0. The first-order chi connectivity index (χ1) is 5.55. The van der Waals surface area contributed by atoms with Crippen LogP contribution in [-0.4, -0.2) is 4.98 Å². The third-order valence-electron chi connectivity index (χ3n) is 1.20. The van der Waals surface area contributed by atoms with Crippen LogP contribution in [0.5, 0.6) is 0 Å². The molecule has 1 aromatic heterocycles. The molecule has 0 fully saturated rings. The number of nitriles is 1. The lowest BCUT2D eigenvalue weighted by atomic mass is 10.2. The van der Waals surface area contributed by atoms with Crippen molar-refractivity contribution < 1.29 is 13.2 Å². The molecule has 0 N–H and O–H groups in total. The first-order valence-electron chi connectivity index (χ1n) is 2.98. The van der Waals surface area contributed by atoms with Gasteiger partial charge in [-0.2, -0.15) is 18.4 Å². The molecule has 1 rings (SSSR count). The van der Waals surface area contributed by atoms with Gasteiger partial charge in [-0.25, -0.2) is 0 Å². The molecule has 70 valence electrons. The van der Waals surface area contributed by atoms with E-state index in [1.165, 1.54) is 12.1 Å². The summed E-state index contributed by atoms with van der Waals surface area (Å²) in [6.07, 6.45) is -3.55. The quantitative estimate of drug-likeness (QED) is 0.656. The van der Waals surface area contributed by atoms with Crippen LogP contribution in [0.25, 0.3) is 0 Å². The van der Waals surface area contributed by atoms with Crippen molar-refractivity contribution in [2.24, 2.45) is 0 Å². The van der Waals surface area contributed by atoms with Crippen LogP contribution in [0.4, 0.5) is 13.2 Å². The van der Waals surface area contributed by atoms with Crippen molar-refractivity contribution >= 4 is 12.4 Å². The predicted molar refractivity (Wildman–Crippen MR) is 41.2 cm³/mol. The van der Waals surface area contributed by atoms with Gasteiger partial charge in [0, 0.05) is 6.20 Å². The van der Waals surface area contributed by atoms with Crippen molar-refractivity contribution in [2.45, 2.75) is 6.18 Å². The molecule has 0 bridgehead atoms. The highest BCUT2D eigenvalue weighted by atomic mass is 35.5. The molecule has 0 radical (unpaired) electrons. The van der Waals surface area contributed by atoms with Crippen LogP contribution in [0.15, 0.2) is 18.3 Å². The third-order valence-corrected chi connectivity index (χ3v) is 1.20. The van der Waals surface area contributed by atoms with Crippen LogP contribution in [-0.2, 0) is 6.18 Å². The van der Waals surface area contributed by atoms with E-state index in [0.29, 0.717) is 0 Å². The van der Waals surface area contributed by atoms with Crippen molar-refractivity contribution in [3.05, 3.63) is 29.6 Å². The number of hydrogen-bond donors (Lipinski definition) is 0. The minimum absolute atomic E-state index is 0. The topological polar surface area (TPSA) is 36.7 Å². The maximum atomic E-state index is 12.0. The molecule has 0 atom stereocenters. The second-order valence-corrected chi connectivity index (χ2v) is 2.01. The Morgan fingerprint density at radius 1 is 1.38 bits per heavy atom. The van der Waals surface area contributed by atoms with Gasteiger partial charge in [-0.3, -0.25) is 4.98 Å². The number of nitrogens with zero attached hydrogens (tertiary/aromatic N) is 2. The zero-order chi connectivity index (χ0) is 9.19. The summed E-state index contributed by atoms with van der Waals surface area (Å²) in [4.78, 5) is 3.07. The number of rotatable bonds is 0. The maximum Gasteiger partial charge on any atom is 0.434 e. The summed E-state index contributed by atoms with van der Waals surface area (Å²) in [5.41, 5.74) is -1.59. The van der Waals surface area contributed by atoms with E-state index < -0.39 is 17.4 Å². The van der Waals surface area contributed by atoms with Crippen molar-refractivity contribution in [1.29, 1.82) is 5.26 Å². The molecular weight excluding hydrogens is 205 g/mol. The summed E-state index contributed by atoms with van der Waals surface area (Å²) in [7, 11) is 0. The van der Waals surface area contributed by atoms with Gasteiger partial charge >= 0.3 is 6.18 Å². The Labute approximate surface area is 78.4 Å². The molecule has 0 spiro atoms. The maximum absolute atomic E-state index is 12.0. The summed E-state index contributed by atoms with van der Waals surface area (Å²) < 4.78 is 36.1. The van der Waals surface area contributed by atoms with Gasteiger partial charge in [0.25, 0.3) is 0 Å². The van der Waals surface area contributed by atoms with Crippen LogP contribution in [0.3, 0.4) is 0 Å². The Balaban J connectivity index is 0.00000144. The van der Waals surface area contributed by atoms with E-state index in [0.717, 1.165) is 12.3 Å². The molecule has 0 saturated carbocycles. The summed E-state index contributed by atoms with van der Waals surface area (Å²) in [6.45, 7) is 0. The fourth-order valence-corrected chi connectivity index (χ4v) is 0.721. The minimum atomic E-state index is -4.55. The van der Waals surface area contributed by atoms with Crippen molar-refractivity contribution in [3.63, 3.8) is 0 Å². The van der Waals surface area contributed by atoms with E-state index in [1.54, 1.807) is 0 Å². The lowest BCUT2D eigenvalue weighted by Crippen LogP contribution is -2.09. The van der Waals surface area contributed by atoms with Gasteiger partial charge in [-0.1, -0.05) is 0 Å². The number of hydrogen-bond acceptors (Lipinski definition) is 2. The van der Waals surface area contributed by atoms with E-state index in [-0.39, 0.29) is 12.4 Å². The second kappa shape index (κ2) is 4.10. The summed E-state index contributed by atoms with van der Waals surface area (Å²) in [5, 5.41) is 8.29. The Hall–Kier alpha value is -1.28. The molecule has 0 aliphatic rings. The van der Waals surface area contributed by atoms with Crippen LogP contribution < -0.4 is 0 Å². The zero-order valence-electron chi connectivity index (χ0n) is 6.17. The van der Waals surface area contributed by atoms with E-state index >= 15 is 0 Å². The molecule has 2 nitrogen and oxygen atoms in total. The van der Waals surface area contributed by atoms with E-state index in [4.69, 9.17) is 5.26 Å². The minimum Gasteiger partial charge on any atom is -0.250 e. The average molecular weight is 209 g/mol. The highest BCUT2D eigenvalue weighted by Gasteiger charge is 2.35. The summed E-state index contributed by atoms with van der Waals surface area (Å²) in [5.74, 6) is 0. The fourth-order valence-electron chi connectivity index (χ4n) is 0.721. The Bertz CT molecular complexity index is 329. The molecule has 0 aliphatic carbocycles. The van der Waals surface area contributed by atoms with E-state index in [2.05, 4.69) is 4.98 Å². The lowest BCUT2D eigenvalue weighted by Gasteiger charge is -2.05. The highest BCUT2D eigenvalue weighted by molar-refractivity contribution is 5.85. The van der Waals surface area contributed by atoms with Crippen molar-refractivity contribution in [2.75, 3.05) is 0 Å². The molecule has 0 amide bonds. The molecule has 0 saturated heterocycles. The average Bonchev–Trinajstić information content (AvgIpc) is 2.03. The fraction of sp³-hybridized carbons (Fsp3) is 0.143. The van der Waals surface area contributed by atoms with Gasteiger partial charge < -0.3 is 0 Å². The number of halogens is 4. The van der Waals surface area contributed by atoms with Gasteiger partial charge in [-0.05, 0) is 12.1 Å². The van der Waals surface area contributed by atoms with Crippen LogP contribution >= 0.6 is 12.4 Å². The van der Waals surface area contributed by atoms with Gasteiger partial charge in [0.2, 0.25) is 0 Å². The van der Waals surface area contributed by atoms with Gasteiger partial charge in [-0.15, -0.1) is 12.4 Å². The van der Waals surface area contributed by atoms with Crippen LogP contribution in [0.1, 0.15) is 11.3 Å². The number of alkyl halides is 3. The van der Waals surface area contributed by atoms with Crippen LogP contribution in [0, 0.1) is 11.3 Å². The molecular formula is C7H4ClF3N2. The SMILES string of the molecule is Cl.N#Cc1cccnc1C(F)(F)F. The Kier molecular flexibility index (Phi) is 3.69. The molecule has 13 heavy (non-hydrogen) atoms. The smallest absolute Gasteiger partial charge is 0.250 e. The summed E-state index contributed by atoms with van der Waals surface area (Å²) in [6, 6.07) is 3.78.